The summed E-state index contributed by atoms with van der Waals surface area (Å²) in [5, 5.41) is 19.2. The van der Waals surface area contributed by atoms with E-state index in [0.717, 1.165) is 0 Å². The highest BCUT2D eigenvalue weighted by atomic mass is 19.1. The summed E-state index contributed by atoms with van der Waals surface area (Å²) in [6, 6.07) is 3.88. The van der Waals surface area contributed by atoms with Gasteiger partial charge in [-0.3, -0.25) is 0 Å². The number of hydrogen-bond donors (Lipinski definition) is 2. The zero-order chi connectivity index (χ0) is 13.0. The van der Waals surface area contributed by atoms with Crippen LogP contribution in [0.1, 0.15) is 37.3 Å². The first kappa shape index (κ1) is 13.4. The van der Waals surface area contributed by atoms with E-state index in [-0.39, 0.29) is 23.5 Å². The molecule has 0 spiro atoms. The van der Waals surface area contributed by atoms with Gasteiger partial charge in [0.1, 0.15) is 11.9 Å². The van der Waals surface area contributed by atoms with Crippen molar-refractivity contribution in [3.63, 3.8) is 0 Å². The Kier molecular flexibility index (Phi) is 4.45. The summed E-state index contributed by atoms with van der Waals surface area (Å²) in [6.45, 7) is 3.05. The number of carbonyl (C=O) groups excluding carboxylic acids is 1. The Hall–Kier alpha value is -1.62. The molecule has 4 nitrogen and oxygen atoms in total. The van der Waals surface area contributed by atoms with Crippen LogP contribution in [0.5, 0.6) is 5.75 Å². The molecule has 94 valence electrons. The first-order valence-electron chi connectivity index (χ1n) is 5.29. The van der Waals surface area contributed by atoms with Crippen LogP contribution >= 0.6 is 0 Å². The molecule has 2 atom stereocenters. The van der Waals surface area contributed by atoms with Crippen molar-refractivity contribution in [2.45, 2.75) is 26.1 Å². The standard InChI is InChI=1S/C12H15FO4/c1-3-17-12(16)11(15)9-6-8(7(2)13)4-5-10(9)14/h4-7,11,14-15H,3H2,1-2H3. The number of benzene rings is 1. The highest BCUT2D eigenvalue weighted by Gasteiger charge is 2.22. The maximum absolute atomic E-state index is 13.1. The van der Waals surface area contributed by atoms with Crippen LogP contribution in [0.25, 0.3) is 0 Å². The number of aromatic hydroxyl groups is 1. The molecule has 17 heavy (non-hydrogen) atoms. The van der Waals surface area contributed by atoms with E-state index in [1.807, 2.05) is 0 Å². The van der Waals surface area contributed by atoms with Crippen molar-refractivity contribution in [3.8, 4) is 5.75 Å². The van der Waals surface area contributed by atoms with Crippen molar-refractivity contribution >= 4 is 5.97 Å². The van der Waals surface area contributed by atoms with Crippen molar-refractivity contribution in [2.24, 2.45) is 0 Å². The second-order valence-electron chi connectivity index (χ2n) is 3.59. The molecular formula is C12H15FO4. The van der Waals surface area contributed by atoms with Crippen molar-refractivity contribution in [1.82, 2.24) is 0 Å². The highest BCUT2D eigenvalue weighted by molar-refractivity contribution is 5.77. The number of phenols is 1. The number of esters is 1. The Morgan fingerprint density at radius 1 is 1.53 bits per heavy atom. The molecular weight excluding hydrogens is 227 g/mol. The summed E-state index contributed by atoms with van der Waals surface area (Å²) in [7, 11) is 0. The van der Waals surface area contributed by atoms with Gasteiger partial charge in [0.2, 0.25) is 0 Å². The summed E-state index contributed by atoms with van der Waals surface area (Å²) in [5.74, 6) is -1.14. The van der Waals surface area contributed by atoms with Crippen LogP contribution in [-0.4, -0.2) is 22.8 Å². The van der Waals surface area contributed by atoms with Crippen LogP contribution in [0, 0.1) is 0 Å². The van der Waals surface area contributed by atoms with Crippen molar-refractivity contribution in [1.29, 1.82) is 0 Å². The zero-order valence-corrected chi connectivity index (χ0v) is 9.68. The van der Waals surface area contributed by atoms with Gasteiger partial charge in [-0.05, 0) is 31.5 Å². The van der Waals surface area contributed by atoms with E-state index in [0.29, 0.717) is 0 Å². The van der Waals surface area contributed by atoms with E-state index < -0.39 is 18.2 Å². The maximum Gasteiger partial charge on any atom is 0.339 e. The summed E-state index contributed by atoms with van der Waals surface area (Å²) in [5.41, 5.74) is 0.228. The van der Waals surface area contributed by atoms with Crippen molar-refractivity contribution < 1.29 is 24.1 Å². The fraction of sp³-hybridized carbons (Fsp3) is 0.417. The Bertz CT molecular complexity index is 403. The van der Waals surface area contributed by atoms with E-state index in [2.05, 4.69) is 4.74 Å². The third-order valence-corrected chi connectivity index (χ3v) is 2.32. The molecule has 1 aromatic carbocycles. The molecule has 0 radical (unpaired) electrons. The van der Waals surface area contributed by atoms with Gasteiger partial charge in [0.05, 0.1) is 6.61 Å². The summed E-state index contributed by atoms with van der Waals surface area (Å²) < 4.78 is 17.7. The number of hydrogen-bond acceptors (Lipinski definition) is 4. The minimum atomic E-state index is -1.60. The molecule has 0 aliphatic carbocycles. The molecule has 0 aliphatic rings. The zero-order valence-electron chi connectivity index (χ0n) is 9.68. The number of aliphatic hydroxyl groups excluding tert-OH is 1. The second-order valence-corrected chi connectivity index (χ2v) is 3.59. The fourth-order valence-corrected chi connectivity index (χ4v) is 1.39. The summed E-state index contributed by atoms with van der Waals surface area (Å²) >= 11 is 0. The Morgan fingerprint density at radius 3 is 2.71 bits per heavy atom. The van der Waals surface area contributed by atoms with Gasteiger partial charge in [-0.1, -0.05) is 6.07 Å². The molecule has 0 saturated heterocycles. The molecule has 0 heterocycles. The van der Waals surface area contributed by atoms with E-state index >= 15 is 0 Å². The number of ether oxygens (including phenoxy) is 1. The lowest BCUT2D eigenvalue weighted by atomic mass is 10.0. The predicted octanol–water partition coefficient (Wildman–Crippen LogP) is 2.02. The molecule has 0 aromatic heterocycles. The van der Waals surface area contributed by atoms with Crippen LogP contribution in [-0.2, 0) is 9.53 Å². The van der Waals surface area contributed by atoms with E-state index in [4.69, 9.17) is 0 Å². The first-order chi connectivity index (χ1) is 7.97. The average molecular weight is 242 g/mol. The normalized spacial score (nSPS) is 14.1. The smallest absolute Gasteiger partial charge is 0.339 e. The molecule has 0 amide bonds. The largest absolute Gasteiger partial charge is 0.508 e. The van der Waals surface area contributed by atoms with Crippen molar-refractivity contribution in [3.05, 3.63) is 29.3 Å². The first-order valence-corrected chi connectivity index (χ1v) is 5.29. The van der Waals surface area contributed by atoms with Gasteiger partial charge in [0.25, 0.3) is 0 Å². The van der Waals surface area contributed by atoms with E-state index in [1.54, 1.807) is 6.92 Å². The molecule has 0 bridgehead atoms. The Morgan fingerprint density at radius 2 is 2.18 bits per heavy atom. The predicted molar refractivity (Wildman–Crippen MR) is 59.2 cm³/mol. The number of rotatable bonds is 4. The molecule has 2 unspecified atom stereocenters. The minimum Gasteiger partial charge on any atom is -0.508 e. The number of aliphatic hydroxyl groups is 1. The van der Waals surface area contributed by atoms with Crippen LogP contribution in [0.15, 0.2) is 18.2 Å². The quantitative estimate of drug-likeness (QED) is 0.793. The van der Waals surface area contributed by atoms with Crippen LogP contribution in [0.3, 0.4) is 0 Å². The lowest BCUT2D eigenvalue weighted by Gasteiger charge is -2.13. The van der Waals surface area contributed by atoms with Gasteiger partial charge >= 0.3 is 5.97 Å². The molecule has 0 saturated carbocycles. The van der Waals surface area contributed by atoms with E-state index in [1.165, 1.54) is 25.1 Å². The third-order valence-electron chi connectivity index (χ3n) is 2.32. The van der Waals surface area contributed by atoms with Gasteiger partial charge in [-0.25, -0.2) is 9.18 Å². The molecule has 2 N–H and O–H groups in total. The third kappa shape index (κ3) is 3.17. The molecule has 1 rings (SSSR count). The summed E-state index contributed by atoms with van der Waals surface area (Å²) in [6.07, 6.45) is -2.85. The van der Waals surface area contributed by atoms with Gasteiger partial charge in [-0.2, -0.15) is 0 Å². The second kappa shape index (κ2) is 5.63. The number of halogens is 1. The van der Waals surface area contributed by atoms with E-state index in [9.17, 15) is 19.4 Å². The van der Waals surface area contributed by atoms with Gasteiger partial charge in [-0.15, -0.1) is 0 Å². The average Bonchev–Trinajstić information content (AvgIpc) is 2.28. The topological polar surface area (TPSA) is 66.8 Å². The SMILES string of the molecule is CCOC(=O)C(O)c1cc(C(C)F)ccc1O. The van der Waals surface area contributed by atoms with Gasteiger partial charge in [0.15, 0.2) is 6.10 Å². The molecule has 1 aromatic rings. The molecule has 5 heteroatoms. The van der Waals surface area contributed by atoms with Crippen LogP contribution < -0.4 is 0 Å². The molecule has 0 fully saturated rings. The Balaban J connectivity index is 3.03. The maximum atomic E-state index is 13.1. The lowest BCUT2D eigenvalue weighted by Crippen LogP contribution is -2.15. The van der Waals surface area contributed by atoms with Crippen LogP contribution in [0.4, 0.5) is 4.39 Å². The number of carbonyl (C=O) groups is 1. The number of alkyl halides is 1. The van der Waals surface area contributed by atoms with Crippen LogP contribution in [0.2, 0.25) is 0 Å². The number of phenolic OH excluding ortho intramolecular Hbond substituents is 1. The lowest BCUT2D eigenvalue weighted by molar-refractivity contribution is -0.153. The summed E-state index contributed by atoms with van der Waals surface area (Å²) in [4.78, 5) is 11.3. The van der Waals surface area contributed by atoms with Gasteiger partial charge < -0.3 is 14.9 Å². The minimum absolute atomic E-state index is 0.0505. The van der Waals surface area contributed by atoms with Gasteiger partial charge in [0, 0.05) is 5.56 Å². The fourth-order valence-electron chi connectivity index (χ4n) is 1.39. The molecule has 0 aliphatic heterocycles. The monoisotopic (exact) mass is 242 g/mol. The van der Waals surface area contributed by atoms with Crippen molar-refractivity contribution in [2.75, 3.05) is 6.61 Å². The Labute approximate surface area is 98.7 Å². The highest BCUT2D eigenvalue weighted by Crippen LogP contribution is 2.29.